The third kappa shape index (κ3) is 6.70. The lowest BCUT2D eigenvalue weighted by Gasteiger charge is -2.49. The Kier molecular flexibility index (Phi) is 9.91. The van der Waals surface area contributed by atoms with Gasteiger partial charge in [0.05, 0.1) is 6.17 Å². The van der Waals surface area contributed by atoms with Crippen LogP contribution in [0, 0.1) is 11.8 Å². The van der Waals surface area contributed by atoms with Crippen LogP contribution in [0.3, 0.4) is 0 Å². The van der Waals surface area contributed by atoms with Crippen LogP contribution in [0.1, 0.15) is 93.7 Å². The minimum atomic E-state index is -1.17. The van der Waals surface area contributed by atoms with E-state index in [0.29, 0.717) is 66.5 Å². The van der Waals surface area contributed by atoms with E-state index < -0.39 is 35.6 Å². The molecule has 1 aromatic heterocycles. The summed E-state index contributed by atoms with van der Waals surface area (Å²) in [5.74, 6) is -0.582. The summed E-state index contributed by atoms with van der Waals surface area (Å²) in [4.78, 5) is 27.9. The molecule has 12 heteroatoms. The van der Waals surface area contributed by atoms with Crippen LogP contribution in [0.4, 0.5) is 0 Å². The second-order valence-electron chi connectivity index (χ2n) is 17.5. The molecular weight excluding hydrogens is 749 g/mol. The topological polar surface area (TPSA) is 189 Å². The highest BCUT2D eigenvalue weighted by Crippen LogP contribution is 2.56. The van der Waals surface area contributed by atoms with E-state index in [-0.39, 0.29) is 52.7 Å². The molecule has 1 saturated heterocycles. The third-order valence-corrected chi connectivity index (χ3v) is 13.9. The minimum Gasteiger partial charge on any atom is -0.508 e. The summed E-state index contributed by atoms with van der Waals surface area (Å²) in [6, 6.07) is 7.11. The number of phenols is 2. The van der Waals surface area contributed by atoms with Gasteiger partial charge in [-0.05, 0) is 124 Å². The van der Waals surface area contributed by atoms with E-state index in [2.05, 4.69) is 41.2 Å². The molecule has 7 atom stereocenters. The number of fused-ring (bicyclic) bond motifs is 6. The van der Waals surface area contributed by atoms with E-state index in [0.717, 1.165) is 47.1 Å². The molecule has 0 saturated carbocycles. The highest BCUT2D eigenvalue weighted by Gasteiger charge is 2.54. The molecule has 0 spiro atoms. The largest absolute Gasteiger partial charge is 0.508 e. The summed E-state index contributed by atoms with van der Waals surface area (Å²) in [7, 11) is 0. The monoisotopic (exact) mass is 802 g/mol. The van der Waals surface area contributed by atoms with E-state index in [9.17, 15) is 24.9 Å². The molecule has 6 aliphatic rings. The number of ether oxygens (including phenoxy) is 2. The number of aromatic hydroxyl groups is 2. The van der Waals surface area contributed by atoms with Gasteiger partial charge in [-0.2, -0.15) is 0 Å². The van der Waals surface area contributed by atoms with E-state index in [1.165, 1.54) is 11.6 Å². The van der Waals surface area contributed by atoms with Crippen molar-refractivity contribution in [2.24, 2.45) is 17.6 Å². The van der Waals surface area contributed by atoms with Gasteiger partial charge in [-0.25, -0.2) is 4.79 Å². The molecular formula is C47H54N4O8. The molecule has 2 aromatic carbocycles. The van der Waals surface area contributed by atoms with E-state index >= 15 is 0 Å². The highest BCUT2D eigenvalue weighted by atomic mass is 16.6. The average molecular weight is 803 g/mol. The molecule has 12 nitrogen and oxygen atoms in total. The summed E-state index contributed by atoms with van der Waals surface area (Å²) >= 11 is 0. The SMILES string of the molecule is C/C=C(/C)C(=O)O[C@@H]1Cc2c3c(c4oc(CO)cc(=O)c4c2O)[C@H]2Cc4cc(O)ccc4CC[C@H](C[C@@H](CC4=CNC5N[C@@H](C)CCC5=C4)[C@]1(C)O3)C1=C(N)NCC=C12. The molecule has 3 aromatic rings. The summed E-state index contributed by atoms with van der Waals surface area (Å²) in [5.41, 5.74) is 13.2. The van der Waals surface area contributed by atoms with Crippen LogP contribution in [0.15, 0.2) is 91.6 Å². The van der Waals surface area contributed by atoms with Crippen molar-refractivity contribution in [1.29, 1.82) is 0 Å². The number of nitrogens with one attached hydrogen (secondary N) is 3. The first-order valence-corrected chi connectivity index (χ1v) is 21.0. The first-order chi connectivity index (χ1) is 28.4. The van der Waals surface area contributed by atoms with Crippen molar-refractivity contribution in [2.45, 2.75) is 115 Å². The lowest BCUT2D eigenvalue weighted by atomic mass is 9.67. The Balaban J connectivity index is 1.34. The number of aliphatic hydroxyl groups excluding tert-OH is 1. The van der Waals surface area contributed by atoms with E-state index in [4.69, 9.17) is 19.6 Å². The van der Waals surface area contributed by atoms with Crippen molar-refractivity contribution in [3.63, 3.8) is 0 Å². The molecule has 59 heavy (non-hydrogen) atoms. The molecule has 1 aliphatic carbocycles. The van der Waals surface area contributed by atoms with Gasteiger partial charge in [0, 0.05) is 59.8 Å². The Labute approximate surface area is 343 Å². The van der Waals surface area contributed by atoms with Crippen molar-refractivity contribution in [1.82, 2.24) is 16.0 Å². The van der Waals surface area contributed by atoms with Gasteiger partial charge in [0.1, 0.15) is 58.1 Å². The maximum Gasteiger partial charge on any atom is 0.333 e. The minimum absolute atomic E-state index is 0.0397. The molecule has 310 valence electrons. The van der Waals surface area contributed by atoms with Crippen LogP contribution >= 0.6 is 0 Å². The molecule has 6 heterocycles. The normalized spacial score (nSPS) is 28.8. The summed E-state index contributed by atoms with van der Waals surface area (Å²) in [5, 5.41) is 44.1. The Morgan fingerprint density at radius 3 is 2.76 bits per heavy atom. The first kappa shape index (κ1) is 39.0. The van der Waals surface area contributed by atoms with Crippen LogP contribution in [0.2, 0.25) is 0 Å². The van der Waals surface area contributed by atoms with Gasteiger partial charge in [0.2, 0.25) is 0 Å². The number of carbonyl (C=O) groups excluding carboxylic acids is 1. The number of aliphatic hydroxyl groups is 1. The van der Waals surface area contributed by atoms with Crippen molar-refractivity contribution in [3.05, 3.63) is 121 Å². The average Bonchev–Trinajstić information content (AvgIpc) is 3.27. The van der Waals surface area contributed by atoms with Crippen LogP contribution in [-0.4, -0.2) is 51.7 Å². The van der Waals surface area contributed by atoms with Gasteiger partial charge >= 0.3 is 5.97 Å². The number of allylic oxidation sites excluding steroid dienone is 5. The number of phenolic OH excluding ortho intramolecular Hbond substituents is 2. The van der Waals surface area contributed by atoms with Crippen LogP contribution < -0.4 is 31.8 Å². The number of hydrogen-bond acceptors (Lipinski definition) is 12. The zero-order valence-corrected chi connectivity index (χ0v) is 34.1. The molecule has 1 fully saturated rings. The quantitative estimate of drug-likeness (QED) is 0.122. The summed E-state index contributed by atoms with van der Waals surface area (Å²) in [6.45, 7) is 7.65. The van der Waals surface area contributed by atoms with Crippen LogP contribution in [0.5, 0.6) is 17.2 Å². The zero-order chi connectivity index (χ0) is 41.3. The number of piperidine rings is 1. The standard InChI is InChI=1S/C47H54N4O8/c1-5-23(2)46(56)58-37-20-35-41(55)40-36(54)19-32(22-52)57-43(40)39-34-18-29-17-31(53)11-10-26(29)8-9-27(38-33(34)12-13-49-44(38)48)16-30(47(37,4)59-42(35)39)15-25-14-28-7-6-24(3)51-45(28)50-21-25/h5,10-12,14,17,19,21,24,27,30,34,37,45,49-53,55H,6-9,13,15-16,18,20,22,48H2,1-4H3/b23-5-/t24-,27+,30+,34-,37+,45?,47-/m0/s1. The van der Waals surface area contributed by atoms with Crippen molar-refractivity contribution >= 4 is 16.9 Å². The Morgan fingerprint density at radius 2 is 1.97 bits per heavy atom. The number of dihydropyridines is 2. The number of nitrogens with two attached hydrogens (primary N) is 1. The second-order valence-corrected chi connectivity index (χ2v) is 17.5. The second kappa shape index (κ2) is 15.0. The molecule has 0 radical (unpaired) electrons. The van der Waals surface area contributed by atoms with Gasteiger partial charge in [-0.1, -0.05) is 24.3 Å². The van der Waals surface area contributed by atoms with Gasteiger partial charge < -0.3 is 45.6 Å². The van der Waals surface area contributed by atoms with Gasteiger partial charge in [-0.15, -0.1) is 0 Å². The molecule has 1 unspecified atom stereocenters. The Hall–Kier alpha value is -5.46. The molecule has 4 bridgehead atoms. The summed E-state index contributed by atoms with van der Waals surface area (Å²) in [6.07, 6.45) is 12.5. The molecule has 9 rings (SSSR count). The fourth-order valence-electron chi connectivity index (χ4n) is 10.5. The predicted octanol–water partition coefficient (Wildman–Crippen LogP) is 5.78. The molecule has 8 N–H and O–H groups in total. The fourth-order valence-corrected chi connectivity index (χ4v) is 10.5. The number of rotatable bonds is 5. The Bertz CT molecular complexity index is 2480. The lowest BCUT2D eigenvalue weighted by molar-refractivity contribution is -0.165. The predicted molar refractivity (Wildman–Crippen MR) is 223 cm³/mol. The first-order valence-electron chi connectivity index (χ1n) is 21.0. The van der Waals surface area contributed by atoms with Crippen molar-refractivity contribution < 1.29 is 34.0 Å². The van der Waals surface area contributed by atoms with Gasteiger partial charge in [0.15, 0.2) is 5.43 Å². The Morgan fingerprint density at radius 1 is 1.14 bits per heavy atom. The van der Waals surface area contributed by atoms with Gasteiger partial charge in [0.25, 0.3) is 0 Å². The number of aryl methyl sites for hydroxylation is 1. The highest BCUT2D eigenvalue weighted by molar-refractivity contribution is 5.92. The zero-order valence-electron chi connectivity index (χ0n) is 34.1. The number of hydrogen-bond donors (Lipinski definition) is 7. The third-order valence-electron chi connectivity index (χ3n) is 13.9. The van der Waals surface area contributed by atoms with E-state index in [1.807, 2.05) is 13.0 Å². The lowest BCUT2D eigenvalue weighted by Crippen LogP contribution is -2.57. The van der Waals surface area contributed by atoms with Crippen molar-refractivity contribution in [3.8, 4) is 17.2 Å². The number of benzene rings is 2. The number of carbonyl (C=O) groups is 1. The van der Waals surface area contributed by atoms with Crippen LogP contribution in [-0.2, 0) is 35.4 Å². The summed E-state index contributed by atoms with van der Waals surface area (Å²) < 4.78 is 20.4. The maximum atomic E-state index is 14.1. The maximum absolute atomic E-state index is 14.1. The van der Waals surface area contributed by atoms with E-state index in [1.54, 1.807) is 32.1 Å². The van der Waals surface area contributed by atoms with Gasteiger partial charge in [-0.3, -0.25) is 10.1 Å². The fraction of sp³-hybridized carbons (Fsp3) is 0.447. The molecule has 5 aliphatic heterocycles. The van der Waals surface area contributed by atoms with Crippen LogP contribution in [0.25, 0.3) is 11.0 Å². The molecule has 0 amide bonds. The number of esters is 1. The smallest absolute Gasteiger partial charge is 0.333 e. The van der Waals surface area contributed by atoms with Crippen molar-refractivity contribution in [2.75, 3.05) is 6.54 Å².